The molecule has 2 N–H and O–H groups in total. The van der Waals surface area contributed by atoms with E-state index >= 15 is 0 Å². The number of hydrogen-bond donors (Lipinski definition) is 1. The van der Waals surface area contributed by atoms with Gasteiger partial charge in [-0.3, -0.25) is 9.59 Å². The van der Waals surface area contributed by atoms with Gasteiger partial charge in [0.1, 0.15) is 0 Å². The van der Waals surface area contributed by atoms with Crippen LogP contribution >= 0.6 is 0 Å². The van der Waals surface area contributed by atoms with Crippen LogP contribution in [-0.4, -0.2) is 42.0 Å². The molecule has 2 heterocycles. The predicted octanol–water partition coefficient (Wildman–Crippen LogP) is -0.656. The fourth-order valence-corrected chi connectivity index (χ4v) is 2.14. The lowest BCUT2D eigenvalue weighted by molar-refractivity contribution is -0.118. The van der Waals surface area contributed by atoms with Gasteiger partial charge in [-0.1, -0.05) is 0 Å². The van der Waals surface area contributed by atoms with Crippen LogP contribution in [0.15, 0.2) is 17.1 Å². The molecule has 1 aliphatic rings. The number of carbonyl (C=O) groups excluding carboxylic acids is 1. The van der Waals surface area contributed by atoms with Gasteiger partial charge < -0.3 is 15.4 Å². The lowest BCUT2D eigenvalue weighted by Crippen LogP contribution is -2.28. The van der Waals surface area contributed by atoms with Crippen molar-refractivity contribution in [1.82, 2.24) is 9.78 Å². The van der Waals surface area contributed by atoms with E-state index in [1.54, 1.807) is 13.3 Å². The number of hydrogen-bond acceptors (Lipinski definition) is 5. The number of rotatable bonds is 5. The van der Waals surface area contributed by atoms with E-state index in [-0.39, 0.29) is 24.6 Å². The molecule has 7 nitrogen and oxygen atoms in total. The van der Waals surface area contributed by atoms with Crippen LogP contribution in [0, 0.1) is 0 Å². The molecule has 7 heteroatoms. The number of aromatic nitrogens is 2. The maximum atomic E-state index is 11.9. The first kappa shape index (κ1) is 13.5. The largest absolute Gasteiger partial charge is 0.380 e. The smallest absolute Gasteiger partial charge is 0.268 e. The van der Waals surface area contributed by atoms with Gasteiger partial charge in [-0.25, -0.2) is 4.68 Å². The summed E-state index contributed by atoms with van der Waals surface area (Å²) in [6, 6.07) is 1.53. The van der Waals surface area contributed by atoms with Crippen LogP contribution < -0.4 is 16.2 Å². The quantitative estimate of drug-likeness (QED) is 0.764. The number of anilines is 1. The molecule has 1 aromatic heterocycles. The average molecular weight is 266 g/mol. The topological polar surface area (TPSA) is 90.4 Å². The molecule has 1 aromatic rings. The molecule has 1 unspecified atom stereocenters. The van der Waals surface area contributed by atoms with Crippen molar-refractivity contribution < 1.29 is 9.53 Å². The highest BCUT2D eigenvalue weighted by atomic mass is 16.5. The maximum Gasteiger partial charge on any atom is 0.268 e. The molecule has 1 saturated heterocycles. The molecule has 0 aromatic carbocycles. The van der Waals surface area contributed by atoms with Gasteiger partial charge >= 0.3 is 0 Å². The molecule has 1 atom stereocenters. The van der Waals surface area contributed by atoms with Crippen molar-refractivity contribution in [2.45, 2.75) is 25.5 Å². The average Bonchev–Trinajstić information content (AvgIpc) is 2.85. The van der Waals surface area contributed by atoms with Crippen LogP contribution in [0.2, 0.25) is 0 Å². The Morgan fingerprint density at radius 2 is 2.42 bits per heavy atom. The third-order valence-corrected chi connectivity index (χ3v) is 3.27. The third kappa shape index (κ3) is 3.31. The molecular formula is C12H18N4O3. The van der Waals surface area contributed by atoms with Gasteiger partial charge in [0, 0.05) is 32.7 Å². The number of methoxy groups -OCH3 is 1. The first-order valence-electron chi connectivity index (χ1n) is 6.23. The number of nitrogens with two attached hydrogens (primary N) is 1. The van der Waals surface area contributed by atoms with Crippen molar-refractivity contribution in [3.63, 3.8) is 0 Å². The minimum Gasteiger partial charge on any atom is -0.380 e. The number of primary amides is 1. The summed E-state index contributed by atoms with van der Waals surface area (Å²) in [5.74, 6) is -0.444. The summed E-state index contributed by atoms with van der Waals surface area (Å²) >= 11 is 0. The Morgan fingerprint density at radius 3 is 3.00 bits per heavy atom. The minimum absolute atomic E-state index is 0.113. The van der Waals surface area contributed by atoms with Crippen molar-refractivity contribution in [1.29, 1.82) is 0 Å². The lowest BCUT2D eigenvalue weighted by Gasteiger charge is -2.17. The fraction of sp³-hybridized carbons (Fsp3) is 0.583. The van der Waals surface area contributed by atoms with Crippen LogP contribution in [-0.2, 0) is 16.1 Å². The van der Waals surface area contributed by atoms with Crippen LogP contribution in [0.3, 0.4) is 0 Å². The van der Waals surface area contributed by atoms with E-state index in [9.17, 15) is 9.59 Å². The second-order valence-electron chi connectivity index (χ2n) is 4.58. The number of ether oxygens (including phenoxy) is 1. The first-order valence-corrected chi connectivity index (χ1v) is 6.23. The summed E-state index contributed by atoms with van der Waals surface area (Å²) in [5.41, 5.74) is 5.62. The third-order valence-electron chi connectivity index (χ3n) is 3.27. The fourth-order valence-electron chi connectivity index (χ4n) is 2.14. The molecule has 19 heavy (non-hydrogen) atoms. The second-order valence-corrected chi connectivity index (χ2v) is 4.58. The number of carbonyl (C=O) groups is 1. The summed E-state index contributed by atoms with van der Waals surface area (Å²) in [6.07, 6.45) is 2.90. The van der Waals surface area contributed by atoms with Crippen molar-refractivity contribution in [3.8, 4) is 0 Å². The normalized spacial score (nSPS) is 18.8. The predicted molar refractivity (Wildman–Crippen MR) is 69.9 cm³/mol. The van der Waals surface area contributed by atoms with E-state index in [0.717, 1.165) is 25.2 Å². The van der Waals surface area contributed by atoms with E-state index in [2.05, 4.69) is 10.00 Å². The number of aryl methyl sites for hydroxylation is 1. The standard InChI is InChI=1S/C12H18N4O3/c1-19-10-2-4-15(8-10)9-6-12(18)16(14-7-9)5-3-11(13)17/h6-7,10H,2-5,8H2,1H3,(H2,13,17). The van der Waals surface area contributed by atoms with Crippen LogP contribution in [0.25, 0.3) is 0 Å². The molecule has 104 valence electrons. The molecular weight excluding hydrogens is 248 g/mol. The van der Waals surface area contributed by atoms with E-state index in [0.29, 0.717) is 0 Å². The maximum absolute atomic E-state index is 11.9. The summed E-state index contributed by atoms with van der Waals surface area (Å²) in [4.78, 5) is 24.6. The summed E-state index contributed by atoms with van der Waals surface area (Å²) < 4.78 is 6.53. The van der Waals surface area contributed by atoms with Crippen LogP contribution in [0.4, 0.5) is 5.69 Å². The molecule has 1 fully saturated rings. The second kappa shape index (κ2) is 5.83. The van der Waals surface area contributed by atoms with E-state index < -0.39 is 5.91 Å². The van der Waals surface area contributed by atoms with Crippen LogP contribution in [0.5, 0.6) is 0 Å². The summed E-state index contributed by atoms with van der Waals surface area (Å²) in [7, 11) is 1.69. The zero-order valence-electron chi connectivity index (χ0n) is 10.9. The minimum atomic E-state index is -0.444. The van der Waals surface area contributed by atoms with Gasteiger partial charge in [0.25, 0.3) is 5.56 Å². The van der Waals surface area contributed by atoms with E-state index in [1.807, 2.05) is 0 Å². The van der Waals surface area contributed by atoms with E-state index in [4.69, 9.17) is 10.5 Å². The van der Waals surface area contributed by atoms with Gasteiger partial charge in [0.05, 0.1) is 24.5 Å². The lowest BCUT2D eigenvalue weighted by atomic mass is 10.3. The Balaban J connectivity index is 2.07. The molecule has 2 rings (SSSR count). The number of nitrogens with zero attached hydrogens (tertiary/aromatic N) is 3. The highest BCUT2D eigenvalue weighted by Crippen LogP contribution is 2.19. The zero-order valence-corrected chi connectivity index (χ0v) is 10.9. The Kier molecular flexibility index (Phi) is 4.16. The summed E-state index contributed by atoms with van der Waals surface area (Å²) in [5, 5.41) is 4.06. The Morgan fingerprint density at radius 1 is 1.63 bits per heavy atom. The van der Waals surface area contributed by atoms with Crippen molar-refractivity contribution >= 4 is 11.6 Å². The highest BCUT2D eigenvalue weighted by molar-refractivity contribution is 5.73. The first-order chi connectivity index (χ1) is 9.10. The Hall–Kier alpha value is -1.89. The molecule has 0 aliphatic carbocycles. The monoisotopic (exact) mass is 266 g/mol. The summed E-state index contributed by atoms with van der Waals surface area (Å²) in [6.45, 7) is 1.84. The van der Waals surface area contributed by atoms with Crippen molar-refractivity contribution in [3.05, 3.63) is 22.6 Å². The Labute approximate surface area is 110 Å². The molecule has 0 bridgehead atoms. The van der Waals surface area contributed by atoms with Crippen molar-refractivity contribution in [2.24, 2.45) is 5.73 Å². The van der Waals surface area contributed by atoms with Gasteiger partial charge in [-0.15, -0.1) is 0 Å². The van der Waals surface area contributed by atoms with Crippen LogP contribution in [0.1, 0.15) is 12.8 Å². The molecule has 1 amide bonds. The number of amides is 1. The Bertz CT molecular complexity index is 514. The molecule has 0 saturated carbocycles. The van der Waals surface area contributed by atoms with Gasteiger partial charge in [-0.2, -0.15) is 5.10 Å². The molecule has 0 spiro atoms. The SMILES string of the molecule is COC1CCN(c2cnn(CCC(N)=O)c(=O)c2)C1. The van der Waals surface area contributed by atoms with Gasteiger partial charge in [-0.05, 0) is 6.42 Å². The molecule has 0 radical (unpaired) electrons. The highest BCUT2D eigenvalue weighted by Gasteiger charge is 2.22. The zero-order chi connectivity index (χ0) is 13.8. The van der Waals surface area contributed by atoms with E-state index in [1.165, 1.54) is 10.7 Å². The van der Waals surface area contributed by atoms with Crippen molar-refractivity contribution in [2.75, 3.05) is 25.1 Å². The molecule has 1 aliphatic heterocycles. The van der Waals surface area contributed by atoms with Gasteiger partial charge in [0.2, 0.25) is 5.91 Å². The van der Waals surface area contributed by atoms with Gasteiger partial charge in [0.15, 0.2) is 0 Å².